The van der Waals surface area contributed by atoms with Gasteiger partial charge in [0.05, 0.1) is 4.90 Å². The van der Waals surface area contributed by atoms with Crippen LogP contribution in [0.2, 0.25) is 0 Å². The predicted octanol–water partition coefficient (Wildman–Crippen LogP) is 3.45. The first-order chi connectivity index (χ1) is 13.4. The minimum absolute atomic E-state index is 0.138. The highest BCUT2D eigenvalue weighted by Crippen LogP contribution is 2.19. The standard InChI is InChI=1S/C20H21N3O4S/c1-3-23(14-16-7-5-4-6-8-16)28(25,26)18-11-9-17(10-12-18)20(24)21-19-13-15(2)27-22-19/h4-13H,3,14H2,1-2H3,(H,21,22,24). The minimum Gasteiger partial charge on any atom is -0.360 e. The topological polar surface area (TPSA) is 92.5 Å². The molecule has 7 nitrogen and oxygen atoms in total. The Hall–Kier alpha value is -2.97. The summed E-state index contributed by atoms with van der Waals surface area (Å²) in [6.45, 7) is 4.14. The molecule has 0 fully saturated rings. The minimum atomic E-state index is -3.67. The van der Waals surface area contributed by atoms with E-state index in [1.54, 1.807) is 19.9 Å². The fourth-order valence-corrected chi connectivity index (χ4v) is 4.13. The van der Waals surface area contributed by atoms with Crippen molar-refractivity contribution >= 4 is 21.7 Å². The Morgan fingerprint density at radius 1 is 1.11 bits per heavy atom. The molecule has 28 heavy (non-hydrogen) atoms. The van der Waals surface area contributed by atoms with Gasteiger partial charge in [0.1, 0.15) is 5.76 Å². The zero-order valence-electron chi connectivity index (χ0n) is 15.6. The molecule has 8 heteroatoms. The van der Waals surface area contributed by atoms with E-state index in [-0.39, 0.29) is 11.4 Å². The Balaban J connectivity index is 1.75. The van der Waals surface area contributed by atoms with E-state index in [1.807, 2.05) is 30.3 Å². The number of anilines is 1. The quantitative estimate of drug-likeness (QED) is 0.657. The Labute approximate surface area is 164 Å². The highest BCUT2D eigenvalue weighted by molar-refractivity contribution is 7.89. The van der Waals surface area contributed by atoms with Crippen LogP contribution < -0.4 is 5.32 Å². The summed E-state index contributed by atoms with van der Waals surface area (Å²) < 4.78 is 32.2. The average Bonchev–Trinajstić information content (AvgIpc) is 3.11. The fraction of sp³-hybridized carbons (Fsp3) is 0.200. The fourth-order valence-electron chi connectivity index (χ4n) is 2.69. The number of nitrogens with zero attached hydrogens (tertiary/aromatic N) is 2. The molecule has 146 valence electrons. The maximum absolute atomic E-state index is 12.9. The molecule has 0 unspecified atom stereocenters. The van der Waals surface area contributed by atoms with Crippen LogP contribution in [0, 0.1) is 6.92 Å². The van der Waals surface area contributed by atoms with Gasteiger partial charge in [0.2, 0.25) is 10.0 Å². The number of carbonyl (C=O) groups is 1. The third-order valence-corrected chi connectivity index (χ3v) is 6.11. The van der Waals surface area contributed by atoms with Crippen LogP contribution in [-0.2, 0) is 16.6 Å². The molecule has 0 saturated carbocycles. The van der Waals surface area contributed by atoms with Crippen molar-refractivity contribution in [2.45, 2.75) is 25.3 Å². The number of carbonyl (C=O) groups excluding carboxylic acids is 1. The normalized spacial score (nSPS) is 11.5. The van der Waals surface area contributed by atoms with E-state index in [1.165, 1.54) is 28.6 Å². The highest BCUT2D eigenvalue weighted by Gasteiger charge is 2.23. The van der Waals surface area contributed by atoms with E-state index in [0.29, 0.717) is 23.7 Å². The number of benzene rings is 2. The van der Waals surface area contributed by atoms with Gasteiger partial charge >= 0.3 is 0 Å². The van der Waals surface area contributed by atoms with E-state index in [2.05, 4.69) is 10.5 Å². The van der Waals surface area contributed by atoms with Crippen LogP contribution in [0.5, 0.6) is 0 Å². The molecule has 3 rings (SSSR count). The number of sulfonamides is 1. The molecule has 0 bridgehead atoms. The molecule has 3 aromatic rings. The Morgan fingerprint density at radius 3 is 2.36 bits per heavy atom. The van der Waals surface area contributed by atoms with Crippen LogP contribution in [0.25, 0.3) is 0 Å². The van der Waals surface area contributed by atoms with Crippen molar-refractivity contribution < 1.29 is 17.7 Å². The zero-order valence-corrected chi connectivity index (χ0v) is 16.4. The van der Waals surface area contributed by atoms with Gasteiger partial charge in [0.15, 0.2) is 5.82 Å². The van der Waals surface area contributed by atoms with Crippen molar-refractivity contribution in [1.82, 2.24) is 9.46 Å². The van der Waals surface area contributed by atoms with Crippen LogP contribution in [-0.4, -0.2) is 30.3 Å². The van der Waals surface area contributed by atoms with Crippen molar-refractivity contribution in [2.24, 2.45) is 0 Å². The number of hydrogen-bond acceptors (Lipinski definition) is 5. The molecule has 1 heterocycles. The molecule has 0 saturated heterocycles. The monoisotopic (exact) mass is 399 g/mol. The summed E-state index contributed by atoms with van der Waals surface area (Å²) >= 11 is 0. The number of rotatable bonds is 7. The van der Waals surface area contributed by atoms with E-state index < -0.39 is 15.9 Å². The molecule has 0 aliphatic rings. The van der Waals surface area contributed by atoms with Crippen LogP contribution in [0.4, 0.5) is 5.82 Å². The summed E-state index contributed by atoms with van der Waals surface area (Å²) in [6.07, 6.45) is 0. The lowest BCUT2D eigenvalue weighted by Crippen LogP contribution is -2.30. The summed E-state index contributed by atoms with van der Waals surface area (Å²) in [4.78, 5) is 12.4. The second-order valence-corrected chi connectivity index (χ2v) is 8.16. The van der Waals surface area contributed by atoms with Crippen molar-refractivity contribution in [3.63, 3.8) is 0 Å². The van der Waals surface area contributed by atoms with E-state index in [4.69, 9.17) is 4.52 Å². The highest BCUT2D eigenvalue weighted by atomic mass is 32.2. The Kier molecular flexibility index (Phi) is 5.91. The number of aryl methyl sites for hydroxylation is 1. The van der Waals surface area contributed by atoms with Crippen LogP contribution in [0.1, 0.15) is 28.6 Å². The van der Waals surface area contributed by atoms with Gasteiger partial charge < -0.3 is 9.84 Å². The predicted molar refractivity (Wildman–Crippen MR) is 105 cm³/mol. The first-order valence-electron chi connectivity index (χ1n) is 8.79. The molecular weight excluding hydrogens is 378 g/mol. The lowest BCUT2D eigenvalue weighted by molar-refractivity contribution is 0.102. The Morgan fingerprint density at radius 2 is 1.79 bits per heavy atom. The second kappa shape index (κ2) is 8.37. The van der Waals surface area contributed by atoms with Crippen LogP contribution in [0.15, 0.2) is 70.1 Å². The van der Waals surface area contributed by atoms with Crippen LogP contribution in [0.3, 0.4) is 0 Å². The molecule has 0 aliphatic carbocycles. The molecule has 0 radical (unpaired) electrons. The number of hydrogen-bond donors (Lipinski definition) is 1. The molecular formula is C20H21N3O4S. The molecule has 1 amide bonds. The second-order valence-electron chi connectivity index (χ2n) is 6.22. The lowest BCUT2D eigenvalue weighted by Gasteiger charge is -2.20. The first-order valence-corrected chi connectivity index (χ1v) is 10.2. The van der Waals surface area contributed by atoms with Gasteiger partial charge in [0.25, 0.3) is 5.91 Å². The third-order valence-electron chi connectivity index (χ3n) is 4.18. The van der Waals surface area contributed by atoms with Crippen molar-refractivity contribution in [2.75, 3.05) is 11.9 Å². The van der Waals surface area contributed by atoms with E-state index in [0.717, 1.165) is 5.56 Å². The van der Waals surface area contributed by atoms with Gasteiger partial charge in [-0.3, -0.25) is 4.79 Å². The summed E-state index contributed by atoms with van der Waals surface area (Å²) in [7, 11) is -3.67. The van der Waals surface area contributed by atoms with Crippen molar-refractivity contribution in [3.8, 4) is 0 Å². The summed E-state index contributed by atoms with van der Waals surface area (Å²) in [5.41, 5.74) is 1.23. The molecule has 0 atom stereocenters. The largest absolute Gasteiger partial charge is 0.360 e. The smallest absolute Gasteiger partial charge is 0.256 e. The van der Waals surface area contributed by atoms with Gasteiger partial charge in [-0.2, -0.15) is 4.31 Å². The van der Waals surface area contributed by atoms with Gasteiger partial charge in [-0.05, 0) is 36.8 Å². The van der Waals surface area contributed by atoms with Gasteiger partial charge in [-0.15, -0.1) is 0 Å². The third kappa shape index (κ3) is 4.47. The number of aromatic nitrogens is 1. The van der Waals surface area contributed by atoms with Gasteiger partial charge in [-0.25, -0.2) is 8.42 Å². The summed E-state index contributed by atoms with van der Waals surface area (Å²) in [5.74, 6) is 0.489. The first kappa shape index (κ1) is 19.8. The summed E-state index contributed by atoms with van der Waals surface area (Å²) in [6, 6.07) is 16.8. The molecule has 2 aromatic carbocycles. The Bertz CT molecular complexity index is 1040. The average molecular weight is 399 g/mol. The van der Waals surface area contributed by atoms with Gasteiger partial charge in [-0.1, -0.05) is 42.4 Å². The molecule has 0 aliphatic heterocycles. The molecule has 1 aromatic heterocycles. The zero-order chi connectivity index (χ0) is 20.1. The van der Waals surface area contributed by atoms with Gasteiger partial charge in [0, 0.05) is 24.7 Å². The van der Waals surface area contributed by atoms with Crippen molar-refractivity contribution in [1.29, 1.82) is 0 Å². The molecule has 1 N–H and O–H groups in total. The maximum Gasteiger partial charge on any atom is 0.256 e. The number of nitrogens with one attached hydrogen (secondary N) is 1. The number of amides is 1. The van der Waals surface area contributed by atoms with E-state index in [9.17, 15) is 13.2 Å². The van der Waals surface area contributed by atoms with Crippen molar-refractivity contribution in [3.05, 3.63) is 77.6 Å². The summed E-state index contributed by atoms with van der Waals surface area (Å²) in [5, 5.41) is 6.30. The SMILES string of the molecule is CCN(Cc1ccccc1)S(=O)(=O)c1ccc(C(=O)Nc2cc(C)on2)cc1. The molecule has 0 spiro atoms. The lowest BCUT2D eigenvalue weighted by atomic mass is 10.2. The van der Waals surface area contributed by atoms with Crippen LogP contribution >= 0.6 is 0 Å². The maximum atomic E-state index is 12.9. The van der Waals surface area contributed by atoms with E-state index >= 15 is 0 Å².